The number of fused-ring (bicyclic) bond motifs is 2. The maximum absolute atomic E-state index is 13.3. The number of hydrogen-bond acceptors (Lipinski definition) is 9. The van der Waals surface area contributed by atoms with Crippen molar-refractivity contribution in [3.8, 4) is 5.82 Å². The number of rotatable bonds is 8. The van der Waals surface area contributed by atoms with Crippen molar-refractivity contribution in [3.05, 3.63) is 71.8 Å². The molecule has 1 aliphatic heterocycles. The average Bonchev–Trinajstić information content (AvgIpc) is 3.46. The lowest BCUT2D eigenvalue weighted by Gasteiger charge is -2.29. The van der Waals surface area contributed by atoms with Gasteiger partial charge in [-0.3, -0.25) is 4.79 Å². The summed E-state index contributed by atoms with van der Waals surface area (Å²) in [5.41, 5.74) is 1.81. The zero-order valence-electron chi connectivity index (χ0n) is 22.6. The molecule has 1 aromatic carbocycles. The van der Waals surface area contributed by atoms with Crippen molar-refractivity contribution < 1.29 is 5.11 Å². The van der Waals surface area contributed by atoms with Crippen LogP contribution < -0.4 is 21.1 Å². The Balaban J connectivity index is 1.39. The first-order valence-corrected chi connectivity index (χ1v) is 13.3. The number of benzene rings is 1. The predicted molar refractivity (Wildman–Crippen MR) is 156 cm³/mol. The van der Waals surface area contributed by atoms with Gasteiger partial charge in [0.05, 0.1) is 24.9 Å². The van der Waals surface area contributed by atoms with Crippen LogP contribution in [0.3, 0.4) is 0 Å². The summed E-state index contributed by atoms with van der Waals surface area (Å²) in [7, 11) is 0. The van der Waals surface area contributed by atoms with Gasteiger partial charge in [-0.05, 0) is 50.2 Å². The van der Waals surface area contributed by atoms with Crippen molar-refractivity contribution in [2.24, 2.45) is 0 Å². The lowest BCUT2D eigenvalue weighted by Crippen LogP contribution is -2.43. The first-order chi connectivity index (χ1) is 19.3. The van der Waals surface area contributed by atoms with E-state index in [1.807, 2.05) is 24.3 Å². The molecule has 1 fully saturated rings. The Kier molecular flexibility index (Phi) is 6.56. The molecule has 0 spiro atoms. The van der Waals surface area contributed by atoms with E-state index in [2.05, 4.69) is 44.3 Å². The number of pyridine rings is 1. The average molecular weight is 541 g/mol. The third kappa shape index (κ3) is 4.94. The highest BCUT2D eigenvalue weighted by Gasteiger charge is 2.20. The molecular formula is C28H32N10O2. The quantitative estimate of drug-likeness (QED) is 0.254. The SMILES string of the molecule is C=CCn1c(=O)c2cnc(Nc3ccc(N4CCNCC4)cc3)nc2n1-c1ccc2cnn(CC(C)(C)O)c2n1. The normalized spacial score (nSPS) is 14.2. The number of aromatic nitrogens is 7. The molecule has 12 nitrogen and oxygen atoms in total. The van der Waals surface area contributed by atoms with Gasteiger partial charge in [-0.25, -0.2) is 24.0 Å². The van der Waals surface area contributed by atoms with E-state index in [0.29, 0.717) is 28.4 Å². The molecule has 0 aliphatic carbocycles. The second-order valence-electron chi connectivity index (χ2n) is 10.5. The third-order valence-corrected chi connectivity index (χ3v) is 6.81. The molecule has 0 bridgehead atoms. The summed E-state index contributed by atoms with van der Waals surface area (Å²) in [6.45, 7) is 11.7. The molecule has 4 aromatic heterocycles. The first kappa shape index (κ1) is 25.7. The van der Waals surface area contributed by atoms with Crippen LogP contribution in [0.2, 0.25) is 0 Å². The number of nitrogens with zero attached hydrogens (tertiary/aromatic N) is 8. The molecule has 40 heavy (non-hydrogen) atoms. The summed E-state index contributed by atoms with van der Waals surface area (Å²) < 4.78 is 4.87. The third-order valence-electron chi connectivity index (χ3n) is 6.81. The van der Waals surface area contributed by atoms with E-state index in [0.717, 1.165) is 37.3 Å². The minimum Gasteiger partial charge on any atom is -0.389 e. The Morgan fingerprint density at radius 3 is 2.58 bits per heavy atom. The van der Waals surface area contributed by atoms with E-state index in [9.17, 15) is 9.90 Å². The van der Waals surface area contributed by atoms with Crippen LogP contribution in [-0.2, 0) is 13.1 Å². The van der Waals surface area contributed by atoms with Crippen molar-refractivity contribution >= 4 is 39.4 Å². The van der Waals surface area contributed by atoms with E-state index >= 15 is 0 Å². The van der Waals surface area contributed by atoms with Crippen LogP contribution in [-0.4, -0.2) is 71.0 Å². The van der Waals surface area contributed by atoms with Crippen LogP contribution in [0.15, 0.2) is 66.2 Å². The number of anilines is 3. The zero-order valence-corrected chi connectivity index (χ0v) is 22.6. The summed E-state index contributed by atoms with van der Waals surface area (Å²) in [4.78, 5) is 29.7. The predicted octanol–water partition coefficient (Wildman–Crippen LogP) is 2.44. The van der Waals surface area contributed by atoms with Gasteiger partial charge in [0.1, 0.15) is 5.39 Å². The van der Waals surface area contributed by atoms with Gasteiger partial charge in [-0.2, -0.15) is 10.1 Å². The molecule has 0 atom stereocenters. The topological polar surface area (TPSA) is 131 Å². The molecule has 5 heterocycles. The van der Waals surface area contributed by atoms with Crippen molar-refractivity contribution in [3.63, 3.8) is 0 Å². The molecular weight excluding hydrogens is 508 g/mol. The highest BCUT2D eigenvalue weighted by molar-refractivity contribution is 5.79. The maximum atomic E-state index is 13.3. The lowest BCUT2D eigenvalue weighted by molar-refractivity contribution is 0.0589. The molecule has 206 valence electrons. The van der Waals surface area contributed by atoms with Gasteiger partial charge in [0.25, 0.3) is 5.56 Å². The van der Waals surface area contributed by atoms with Crippen LogP contribution in [0.1, 0.15) is 13.8 Å². The van der Waals surface area contributed by atoms with Crippen LogP contribution in [0.25, 0.3) is 27.9 Å². The molecule has 0 saturated carbocycles. The Morgan fingerprint density at radius 1 is 1.07 bits per heavy atom. The summed E-state index contributed by atoms with van der Waals surface area (Å²) >= 11 is 0. The van der Waals surface area contributed by atoms with Gasteiger partial charge < -0.3 is 20.6 Å². The van der Waals surface area contributed by atoms with Gasteiger partial charge >= 0.3 is 0 Å². The number of allylic oxidation sites excluding steroid dienone is 1. The Labute approximate surface area is 230 Å². The smallest absolute Gasteiger partial charge is 0.278 e. The fourth-order valence-electron chi connectivity index (χ4n) is 4.96. The Hall–Kier alpha value is -4.55. The molecule has 5 aromatic rings. The van der Waals surface area contributed by atoms with Gasteiger partial charge in [0.15, 0.2) is 17.1 Å². The van der Waals surface area contributed by atoms with Gasteiger partial charge in [0.2, 0.25) is 5.95 Å². The molecule has 0 radical (unpaired) electrons. The van der Waals surface area contributed by atoms with E-state index in [4.69, 9.17) is 9.97 Å². The van der Waals surface area contributed by atoms with Crippen molar-refractivity contribution in [1.82, 2.24) is 39.4 Å². The summed E-state index contributed by atoms with van der Waals surface area (Å²) in [6.07, 6.45) is 4.90. The van der Waals surface area contributed by atoms with Crippen LogP contribution >= 0.6 is 0 Å². The number of piperazine rings is 1. The molecule has 0 amide bonds. The summed E-state index contributed by atoms with van der Waals surface area (Å²) in [5, 5.41) is 22.6. The highest BCUT2D eigenvalue weighted by atomic mass is 16.3. The summed E-state index contributed by atoms with van der Waals surface area (Å²) in [5.74, 6) is 0.851. The number of nitrogens with one attached hydrogen (secondary N) is 2. The van der Waals surface area contributed by atoms with E-state index in [-0.39, 0.29) is 18.6 Å². The fraction of sp³-hybridized carbons (Fsp3) is 0.321. The lowest BCUT2D eigenvalue weighted by atomic mass is 10.1. The second-order valence-corrected chi connectivity index (χ2v) is 10.5. The maximum Gasteiger partial charge on any atom is 0.278 e. The fourth-order valence-corrected chi connectivity index (χ4v) is 4.96. The van der Waals surface area contributed by atoms with Crippen LogP contribution in [0.5, 0.6) is 0 Å². The van der Waals surface area contributed by atoms with Gasteiger partial charge in [0, 0.05) is 49.1 Å². The van der Waals surface area contributed by atoms with Crippen molar-refractivity contribution in [2.75, 3.05) is 36.4 Å². The Bertz CT molecular complexity index is 1740. The minimum atomic E-state index is -0.974. The van der Waals surface area contributed by atoms with Gasteiger partial charge in [-0.1, -0.05) is 6.08 Å². The molecule has 12 heteroatoms. The highest BCUT2D eigenvalue weighted by Crippen LogP contribution is 2.23. The molecule has 3 N–H and O–H groups in total. The standard InChI is InChI=1S/C28H32N10O2/c1-4-13-37-26(39)22-17-30-27(32-20-6-8-21(9-7-20)35-14-11-29-12-15-35)34-25(22)38(37)23-10-5-19-16-31-36(24(19)33-23)18-28(2,3)40/h4-10,16-17,29,40H,1,11-15,18H2,2-3H3,(H,30,32,34). The summed E-state index contributed by atoms with van der Waals surface area (Å²) in [6, 6.07) is 11.9. The molecule has 0 unspecified atom stereocenters. The minimum absolute atomic E-state index is 0.242. The van der Waals surface area contributed by atoms with E-state index in [1.54, 1.807) is 35.5 Å². The van der Waals surface area contributed by atoms with Crippen molar-refractivity contribution in [2.45, 2.75) is 32.5 Å². The second kappa shape index (κ2) is 10.2. The van der Waals surface area contributed by atoms with Crippen LogP contribution in [0.4, 0.5) is 17.3 Å². The Morgan fingerprint density at radius 2 is 1.85 bits per heavy atom. The largest absolute Gasteiger partial charge is 0.389 e. The number of hydrogen-bond donors (Lipinski definition) is 3. The first-order valence-electron chi connectivity index (χ1n) is 13.3. The monoisotopic (exact) mass is 540 g/mol. The van der Waals surface area contributed by atoms with E-state index < -0.39 is 5.60 Å². The van der Waals surface area contributed by atoms with Gasteiger partial charge in [-0.15, -0.1) is 6.58 Å². The molecule has 6 rings (SSSR count). The molecule has 1 saturated heterocycles. The molecule has 1 aliphatic rings. The number of aliphatic hydroxyl groups is 1. The van der Waals surface area contributed by atoms with Crippen LogP contribution in [0, 0.1) is 0 Å². The van der Waals surface area contributed by atoms with Crippen molar-refractivity contribution in [1.29, 1.82) is 0 Å². The zero-order chi connectivity index (χ0) is 27.9. The van der Waals surface area contributed by atoms with E-state index in [1.165, 1.54) is 16.6 Å².